The summed E-state index contributed by atoms with van der Waals surface area (Å²) in [6.07, 6.45) is 6.42. The van der Waals surface area contributed by atoms with E-state index in [0.717, 1.165) is 18.4 Å². The van der Waals surface area contributed by atoms with E-state index in [-0.39, 0.29) is 19.2 Å². The highest BCUT2D eigenvalue weighted by Gasteiger charge is 1.98. The van der Waals surface area contributed by atoms with Crippen molar-refractivity contribution < 1.29 is 14.6 Å². The summed E-state index contributed by atoms with van der Waals surface area (Å²) in [7, 11) is 0. The Kier molecular flexibility index (Phi) is 8.24. The molecule has 0 radical (unpaired) electrons. The zero-order valence-electron chi connectivity index (χ0n) is 9.08. The van der Waals surface area contributed by atoms with E-state index in [9.17, 15) is 4.79 Å². The van der Waals surface area contributed by atoms with Crippen molar-refractivity contribution in [3.63, 3.8) is 0 Å². The molecule has 0 amide bonds. The first-order chi connectivity index (χ1) is 6.70. The van der Waals surface area contributed by atoms with Crippen LogP contribution in [-0.4, -0.2) is 24.3 Å². The molecule has 0 aromatic rings. The highest BCUT2D eigenvalue weighted by Crippen LogP contribution is 2.03. The second kappa shape index (κ2) is 8.75. The van der Waals surface area contributed by atoms with Crippen LogP contribution in [0.4, 0.5) is 0 Å². The van der Waals surface area contributed by atoms with Crippen LogP contribution in [0, 0.1) is 0 Å². The Morgan fingerprint density at radius 1 is 1.43 bits per heavy atom. The Hall–Kier alpha value is -0.830. The van der Waals surface area contributed by atoms with E-state index >= 15 is 0 Å². The Balaban J connectivity index is 3.69. The van der Waals surface area contributed by atoms with E-state index in [1.165, 1.54) is 19.8 Å². The molecule has 0 aliphatic heterocycles. The molecule has 14 heavy (non-hydrogen) atoms. The second-order valence-corrected chi connectivity index (χ2v) is 3.30. The predicted molar refractivity (Wildman–Crippen MR) is 55.9 cm³/mol. The van der Waals surface area contributed by atoms with Crippen molar-refractivity contribution in [2.75, 3.05) is 13.2 Å². The Labute approximate surface area is 85.8 Å². The van der Waals surface area contributed by atoms with Gasteiger partial charge in [-0.2, -0.15) is 0 Å². The maximum absolute atomic E-state index is 10.5. The molecule has 3 heteroatoms. The van der Waals surface area contributed by atoms with Crippen LogP contribution in [0.3, 0.4) is 0 Å². The van der Waals surface area contributed by atoms with Crippen molar-refractivity contribution in [3.8, 4) is 0 Å². The molecular formula is C11H20O3. The predicted octanol–water partition coefficient (Wildman–Crippen LogP) is 2.05. The van der Waals surface area contributed by atoms with Gasteiger partial charge >= 0.3 is 5.97 Å². The van der Waals surface area contributed by atoms with E-state index in [4.69, 9.17) is 9.84 Å². The molecule has 0 unspecified atom stereocenters. The average molecular weight is 200 g/mol. The van der Waals surface area contributed by atoms with Gasteiger partial charge in [0.15, 0.2) is 0 Å². The highest BCUT2D eigenvalue weighted by molar-refractivity contribution is 5.66. The number of aliphatic hydroxyl groups excluding tert-OH is 1. The lowest BCUT2D eigenvalue weighted by Gasteiger charge is -2.04. The van der Waals surface area contributed by atoms with E-state index in [0.29, 0.717) is 0 Å². The molecule has 3 nitrogen and oxygen atoms in total. The Morgan fingerprint density at radius 3 is 2.64 bits per heavy atom. The third-order valence-electron chi connectivity index (χ3n) is 1.90. The smallest absolute Gasteiger partial charge is 0.302 e. The largest absolute Gasteiger partial charge is 0.461 e. The molecule has 0 saturated carbocycles. The van der Waals surface area contributed by atoms with E-state index in [1.54, 1.807) is 0 Å². The summed E-state index contributed by atoms with van der Waals surface area (Å²) < 4.78 is 4.78. The fourth-order valence-electron chi connectivity index (χ4n) is 1.06. The van der Waals surface area contributed by atoms with Crippen LogP contribution in [0.2, 0.25) is 0 Å². The topological polar surface area (TPSA) is 46.5 Å². The van der Waals surface area contributed by atoms with Crippen LogP contribution >= 0.6 is 0 Å². The maximum Gasteiger partial charge on any atom is 0.302 e. The van der Waals surface area contributed by atoms with Gasteiger partial charge in [-0.15, -0.1) is 0 Å². The van der Waals surface area contributed by atoms with Gasteiger partial charge in [0.1, 0.15) is 6.61 Å². The molecular weight excluding hydrogens is 180 g/mol. The van der Waals surface area contributed by atoms with Crippen LogP contribution in [0.1, 0.15) is 39.5 Å². The van der Waals surface area contributed by atoms with Crippen LogP contribution in [0.15, 0.2) is 11.6 Å². The minimum absolute atomic E-state index is 0.0284. The number of hydrogen-bond donors (Lipinski definition) is 1. The minimum atomic E-state index is -0.307. The molecule has 0 aliphatic carbocycles. The van der Waals surface area contributed by atoms with Crippen molar-refractivity contribution in [2.45, 2.75) is 39.5 Å². The lowest BCUT2D eigenvalue weighted by Crippen LogP contribution is -2.06. The van der Waals surface area contributed by atoms with Crippen LogP contribution < -0.4 is 0 Å². The number of esters is 1. The third kappa shape index (κ3) is 7.80. The van der Waals surface area contributed by atoms with Gasteiger partial charge in [0.2, 0.25) is 0 Å². The van der Waals surface area contributed by atoms with Gasteiger partial charge in [-0.1, -0.05) is 25.8 Å². The van der Waals surface area contributed by atoms with Gasteiger partial charge in [-0.25, -0.2) is 0 Å². The minimum Gasteiger partial charge on any atom is -0.461 e. The summed E-state index contributed by atoms with van der Waals surface area (Å²) in [5, 5.41) is 8.94. The van der Waals surface area contributed by atoms with Crippen molar-refractivity contribution in [3.05, 3.63) is 11.6 Å². The third-order valence-corrected chi connectivity index (χ3v) is 1.90. The van der Waals surface area contributed by atoms with Crippen molar-refractivity contribution in [1.29, 1.82) is 0 Å². The quantitative estimate of drug-likeness (QED) is 0.388. The van der Waals surface area contributed by atoms with Gasteiger partial charge in [0, 0.05) is 6.92 Å². The number of unbranched alkanes of at least 4 members (excludes halogenated alkanes) is 3. The standard InChI is InChI=1S/C11H20O3/c1-3-4-5-6-7-11(8-12)9-14-10(2)13/h7,12H,3-6,8-9H2,1-2H3/b11-7+. The Bertz CT molecular complexity index is 185. The first-order valence-electron chi connectivity index (χ1n) is 5.12. The number of carbonyl (C=O) groups excluding carboxylic acids is 1. The van der Waals surface area contributed by atoms with Crippen LogP contribution in [0.5, 0.6) is 0 Å². The summed E-state index contributed by atoms with van der Waals surface area (Å²) >= 11 is 0. The molecule has 0 spiro atoms. The lowest BCUT2D eigenvalue weighted by molar-refractivity contribution is -0.140. The molecule has 0 aromatic carbocycles. The number of hydrogen-bond acceptors (Lipinski definition) is 3. The molecule has 0 rings (SSSR count). The maximum atomic E-state index is 10.5. The summed E-state index contributed by atoms with van der Waals surface area (Å²) in [6, 6.07) is 0. The molecule has 0 bridgehead atoms. The van der Waals surface area contributed by atoms with E-state index in [1.807, 2.05) is 6.08 Å². The number of carbonyl (C=O) groups is 1. The summed E-state index contributed by atoms with van der Waals surface area (Å²) in [6.45, 7) is 3.71. The van der Waals surface area contributed by atoms with Gasteiger partial charge in [-0.05, 0) is 18.4 Å². The van der Waals surface area contributed by atoms with Gasteiger partial charge in [-0.3, -0.25) is 4.79 Å². The fraction of sp³-hybridized carbons (Fsp3) is 0.727. The van der Waals surface area contributed by atoms with E-state index < -0.39 is 0 Å². The Morgan fingerprint density at radius 2 is 2.14 bits per heavy atom. The van der Waals surface area contributed by atoms with Crippen molar-refractivity contribution in [2.24, 2.45) is 0 Å². The molecule has 0 aliphatic rings. The van der Waals surface area contributed by atoms with Crippen LogP contribution in [0.25, 0.3) is 0 Å². The highest BCUT2D eigenvalue weighted by atomic mass is 16.5. The number of ether oxygens (including phenoxy) is 1. The zero-order valence-corrected chi connectivity index (χ0v) is 9.08. The summed E-state index contributed by atoms with van der Waals surface area (Å²) in [4.78, 5) is 10.5. The lowest BCUT2D eigenvalue weighted by atomic mass is 10.1. The number of aliphatic hydroxyl groups is 1. The van der Waals surface area contributed by atoms with Gasteiger partial charge in [0.05, 0.1) is 6.61 Å². The first-order valence-corrected chi connectivity index (χ1v) is 5.12. The molecule has 0 fully saturated rings. The van der Waals surface area contributed by atoms with E-state index in [2.05, 4.69) is 6.92 Å². The molecule has 0 saturated heterocycles. The second-order valence-electron chi connectivity index (χ2n) is 3.30. The normalized spacial score (nSPS) is 11.5. The van der Waals surface area contributed by atoms with Gasteiger partial charge < -0.3 is 9.84 Å². The van der Waals surface area contributed by atoms with Gasteiger partial charge in [0.25, 0.3) is 0 Å². The fourth-order valence-corrected chi connectivity index (χ4v) is 1.06. The molecule has 0 heterocycles. The molecule has 0 aromatic heterocycles. The summed E-state index contributed by atoms with van der Waals surface area (Å²) in [5.41, 5.74) is 0.788. The molecule has 0 atom stereocenters. The summed E-state index contributed by atoms with van der Waals surface area (Å²) in [5.74, 6) is -0.307. The number of allylic oxidation sites excluding steroid dienone is 1. The average Bonchev–Trinajstić information content (AvgIpc) is 2.16. The number of rotatable bonds is 7. The van der Waals surface area contributed by atoms with Crippen LogP contribution in [-0.2, 0) is 9.53 Å². The SMILES string of the molecule is CCCCC/C=C(\CO)COC(C)=O. The molecule has 1 N–H and O–H groups in total. The zero-order chi connectivity index (χ0) is 10.8. The van der Waals surface area contributed by atoms with Crippen molar-refractivity contribution in [1.82, 2.24) is 0 Å². The monoisotopic (exact) mass is 200 g/mol. The first kappa shape index (κ1) is 13.2. The molecule has 82 valence electrons. The van der Waals surface area contributed by atoms with Crippen molar-refractivity contribution >= 4 is 5.97 Å².